The first-order valence-electron chi connectivity index (χ1n) is 34.3. The minimum Gasteiger partial charge on any atom is -0.251 e. The van der Waals surface area contributed by atoms with Crippen molar-refractivity contribution in [2.75, 3.05) is 0 Å². The van der Waals surface area contributed by atoms with E-state index in [1.807, 2.05) is 0 Å². The lowest BCUT2D eigenvalue weighted by molar-refractivity contribution is 0.523. The van der Waals surface area contributed by atoms with Crippen LogP contribution in [0.3, 0.4) is 0 Å². The van der Waals surface area contributed by atoms with E-state index in [0.29, 0.717) is 0 Å². The van der Waals surface area contributed by atoms with Gasteiger partial charge in [0.05, 0.1) is 22.8 Å². The quantitative estimate of drug-likeness (QED) is 0.0358. The number of rotatable bonds is 57. The monoisotopic (exact) mass is 1050 g/mol. The van der Waals surface area contributed by atoms with Crippen LogP contribution in [0.1, 0.15) is 360 Å². The van der Waals surface area contributed by atoms with E-state index in [-0.39, 0.29) is 0 Å². The smallest absolute Gasteiger partial charge is 0.0665 e. The summed E-state index contributed by atoms with van der Waals surface area (Å²) in [5.74, 6) is 0. The lowest BCUT2D eigenvalue weighted by Crippen LogP contribution is -2.15. The molecule has 0 spiro atoms. The van der Waals surface area contributed by atoms with Gasteiger partial charge in [-0.25, -0.2) is 0 Å². The molecule has 76 heavy (non-hydrogen) atoms. The van der Waals surface area contributed by atoms with Gasteiger partial charge in [-0.05, 0) is 100 Å². The van der Waals surface area contributed by atoms with Crippen LogP contribution in [0.15, 0.2) is 82.8 Å². The molecule has 2 heteroatoms. The number of aliphatic imine (C=N–C) groups is 2. The van der Waals surface area contributed by atoms with Crippen LogP contribution >= 0.6 is 0 Å². The first-order chi connectivity index (χ1) is 37.7. The van der Waals surface area contributed by atoms with Crippen LogP contribution in [0, 0.1) is 0 Å². The molecule has 0 unspecified atom stereocenters. The molecule has 0 aliphatic heterocycles. The summed E-state index contributed by atoms with van der Waals surface area (Å²) in [5.41, 5.74) is 7.44. The fourth-order valence-corrected chi connectivity index (χ4v) is 11.2. The summed E-state index contributed by atoms with van der Waals surface area (Å²) in [4.78, 5) is 11.1. The molecule has 0 aliphatic rings. The van der Waals surface area contributed by atoms with Crippen molar-refractivity contribution in [3.8, 4) is 0 Å². The predicted molar refractivity (Wildman–Crippen MR) is 346 cm³/mol. The second kappa shape index (κ2) is 55.6. The third kappa shape index (κ3) is 42.2. The van der Waals surface area contributed by atoms with E-state index < -0.39 is 0 Å². The minimum absolute atomic E-state index is 0.987. The number of hydrogen-bond acceptors (Lipinski definition) is 2. The summed E-state index contributed by atoms with van der Waals surface area (Å²) in [6, 6.07) is 17.9. The van der Waals surface area contributed by atoms with Crippen LogP contribution in [0.2, 0.25) is 0 Å². The summed E-state index contributed by atoms with van der Waals surface area (Å²) < 4.78 is 0. The van der Waals surface area contributed by atoms with Crippen molar-refractivity contribution < 1.29 is 0 Å². The van der Waals surface area contributed by atoms with Crippen LogP contribution in [0.5, 0.6) is 0 Å². The fourth-order valence-electron chi connectivity index (χ4n) is 11.2. The van der Waals surface area contributed by atoms with Gasteiger partial charge in [-0.3, -0.25) is 9.98 Å². The highest BCUT2D eigenvalue weighted by atomic mass is 14.8. The van der Waals surface area contributed by atoms with E-state index in [1.165, 1.54) is 305 Å². The van der Waals surface area contributed by atoms with Crippen molar-refractivity contribution in [3.05, 3.63) is 84.0 Å². The van der Waals surface area contributed by atoms with Crippen LogP contribution in [0.25, 0.3) is 0 Å². The number of benzene rings is 2. The molecule has 0 N–H and O–H groups in total. The Balaban J connectivity index is 1.75. The molecular weight excluding hydrogens is 917 g/mol. The van der Waals surface area contributed by atoms with Gasteiger partial charge in [-0.2, -0.15) is 0 Å². The van der Waals surface area contributed by atoms with Crippen LogP contribution < -0.4 is 0 Å². The maximum atomic E-state index is 5.56. The van der Waals surface area contributed by atoms with Crippen LogP contribution in [0.4, 0.5) is 11.4 Å². The lowest BCUT2D eigenvalue weighted by Gasteiger charge is -2.14. The van der Waals surface area contributed by atoms with Crippen LogP contribution in [-0.2, 0) is 12.8 Å². The number of hydrogen-bond donors (Lipinski definition) is 0. The Hall–Kier alpha value is -2.74. The SMILES string of the molecule is CCCCCCCCCCCCCCCCCCCCC/C=C/CCc1ccccc1N=C(CCCC)C(CCCCCC)=Nc1ccccc1CC/C=C/CCCCCCCCCCCCCCCCCCCCC. The molecule has 0 amide bonds. The first-order valence-corrected chi connectivity index (χ1v) is 34.3. The third-order valence-corrected chi connectivity index (χ3v) is 16.3. The van der Waals surface area contributed by atoms with Crippen molar-refractivity contribution in [1.29, 1.82) is 0 Å². The second-order valence-electron chi connectivity index (χ2n) is 23.6. The van der Waals surface area contributed by atoms with Gasteiger partial charge >= 0.3 is 0 Å². The second-order valence-corrected chi connectivity index (χ2v) is 23.6. The summed E-state index contributed by atoms with van der Waals surface area (Å²) in [7, 11) is 0. The Morgan fingerprint density at radius 1 is 0.263 bits per heavy atom. The molecule has 0 atom stereocenters. The van der Waals surface area contributed by atoms with Crippen molar-refractivity contribution in [1.82, 2.24) is 0 Å². The molecule has 0 bridgehead atoms. The van der Waals surface area contributed by atoms with Crippen molar-refractivity contribution in [2.24, 2.45) is 9.98 Å². The third-order valence-electron chi connectivity index (χ3n) is 16.3. The normalized spacial score (nSPS) is 12.4. The van der Waals surface area contributed by atoms with Gasteiger partial charge in [0, 0.05) is 0 Å². The van der Waals surface area contributed by atoms with E-state index in [2.05, 4.69) is 101 Å². The zero-order valence-corrected chi connectivity index (χ0v) is 51.6. The maximum Gasteiger partial charge on any atom is 0.0665 e. The Bertz CT molecular complexity index is 1640. The molecule has 0 saturated carbocycles. The molecule has 0 radical (unpaired) electrons. The summed E-state index contributed by atoms with van der Waals surface area (Å²) in [5, 5.41) is 0. The molecule has 2 nitrogen and oxygen atoms in total. The Morgan fingerprint density at radius 2 is 0.500 bits per heavy atom. The molecule has 2 rings (SSSR count). The molecule has 0 fully saturated rings. The molecule has 0 heterocycles. The van der Waals surface area contributed by atoms with Gasteiger partial charge in [0.15, 0.2) is 0 Å². The summed E-state index contributed by atoms with van der Waals surface area (Å²) >= 11 is 0. The van der Waals surface area contributed by atoms with Gasteiger partial charge in [-0.15, -0.1) is 0 Å². The topological polar surface area (TPSA) is 24.7 Å². The first kappa shape index (κ1) is 69.4. The average Bonchev–Trinajstić information content (AvgIpc) is 3.44. The van der Waals surface area contributed by atoms with Crippen LogP contribution in [-0.4, -0.2) is 11.4 Å². The minimum atomic E-state index is 0.987. The zero-order valence-electron chi connectivity index (χ0n) is 51.6. The standard InChI is InChI=1S/C74H128N2/c1-5-9-13-16-18-20-22-24-26-28-30-32-34-36-38-40-42-44-46-48-50-52-54-61-69-63-57-59-66-71(69)75-73(65-12-8-4)74(68-56-15-11-7-3)76-72-67-60-58-64-70(72)62-55-53-51-49-47-45-43-41-39-37-35-33-31-29-27-25-23-21-19-17-14-10-6-2/h50-53,57-60,63-64,66-67H,5-49,54-56,61-62,65,68H2,1-4H3/b52-50+,53-51+,75-73?,76-74?. The van der Waals surface area contributed by atoms with Crippen molar-refractivity contribution >= 4 is 22.8 Å². The van der Waals surface area contributed by atoms with Gasteiger partial charge in [0.2, 0.25) is 0 Å². The van der Waals surface area contributed by atoms with E-state index in [0.717, 1.165) is 62.7 Å². The molecule has 2 aromatic rings. The highest BCUT2D eigenvalue weighted by Gasteiger charge is 2.13. The average molecular weight is 1050 g/mol. The van der Waals surface area contributed by atoms with E-state index in [1.54, 1.807) is 0 Å². The molecular formula is C74H128N2. The maximum absolute atomic E-state index is 5.56. The number of unbranched alkanes of at least 4 members (excludes halogenated alkanes) is 42. The van der Waals surface area contributed by atoms with E-state index >= 15 is 0 Å². The molecule has 0 saturated heterocycles. The Labute approximate surface area is 476 Å². The van der Waals surface area contributed by atoms with Gasteiger partial charge in [0.1, 0.15) is 0 Å². The van der Waals surface area contributed by atoms with Crippen molar-refractivity contribution in [3.63, 3.8) is 0 Å². The zero-order chi connectivity index (χ0) is 54.1. The largest absolute Gasteiger partial charge is 0.251 e. The molecule has 2 aromatic carbocycles. The van der Waals surface area contributed by atoms with Gasteiger partial charge in [0.25, 0.3) is 0 Å². The summed E-state index contributed by atoms with van der Waals surface area (Å²) in [6.07, 6.45) is 80.3. The number of para-hydroxylation sites is 2. The van der Waals surface area contributed by atoms with Crippen molar-refractivity contribution in [2.45, 2.75) is 362 Å². The molecule has 0 aliphatic carbocycles. The predicted octanol–water partition coefficient (Wildman–Crippen LogP) is 26.3. The molecule has 0 aromatic heterocycles. The fraction of sp³-hybridized carbons (Fsp3) is 0.757. The molecule has 434 valence electrons. The van der Waals surface area contributed by atoms with Gasteiger partial charge in [-0.1, -0.05) is 345 Å². The summed E-state index contributed by atoms with van der Waals surface area (Å²) in [6.45, 7) is 9.24. The number of allylic oxidation sites excluding steroid dienone is 4. The number of nitrogens with zero attached hydrogens (tertiary/aromatic N) is 2. The lowest BCUT2D eigenvalue weighted by atomic mass is 10.0. The van der Waals surface area contributed by atoms with E-state index in [9.17, 15) is 0 Å². The highest BCUT2D eigenvalue weighted by Crippen LogP contribution is 2.27. The van der Waals surface area contributed by atoms with E-state index in [4.69, 9.17) is 9.98 Å². The Kier molecular flexibility index (Phi) is 50.7. The van der Waals surface area contributed by atoms with Gasteiger partial charge < -0.3 is 0 Å². The Morgan fingerprint density at radius 3 is 0.803 bits per heavy atom. The number of aryl methyl sites for hydroxylation is 2. The highest BCUT2D eigenvalue weighted by molar-refractivity contribution is 6.43.